The number of carbonyl (C=O) groups excluding carboxylic acids is 1. The zero-order valence-corrected chi connectivity index (χ0v) is 11.3. The predicted molar refractivity (Wildman–Crippen MR) is 72.2 cm³/mol. The van der Waals surface area contributed by atoms with E-state index in [1.807, 2.05) is 18.0 Å². The van der Waals surface area contributed by atoms with Crippen molar-refractivity contribution in [1.82, 2.24) is 4.90 Å². The van der Waals surface area contributed by atoms with E-state index in [4.69, 9.17) is 4.74 Å². The van der Waals surface area contributed by atoms with E-state index in [9.17, 15) is 15.0 Å². The second kappa shape index (κ2) is 5.16. The van der Waals surface area contributed by atoms with Crippen molar-refractivity contribution in [2.24, 2.45) is 0 Å². The van der Waals surface area contributed by atoms with Crippen LogP contribution in [0.2, 0.25) is 0 Å². The van der Waals surface area contributed by atoms with Gasteiger partial charge in [0.1, 0.15) is 6.10 Å². The molecule has 2 aliphatic heterocycles. The van der Waals surface area contributed by atoms with E-state index in [0.717, 1.165) is 0 Å². The van der Waals surface area contributed by atoms with Crippen molar-refractivity contribution in [2.45, 2.75) is 43.2 Å². The number of hydrogen-bond donors (Lipinski definition) is 2. The molecule has 0 radical (unpaired) electrons. The molecule has 2 heterocycles. The van der Waals surface area contributed by atoms with Gasteiger partial charge in [0.25, 0.3) is 0 Å². The SMILES string of the molecule is CN1[C@@H]2CC(OC(=O)c3ccccc3)C[C@H]1[C@H](O)[C@H]2O. The van der Waals surface area contributed by atoms with E-state index in [1.165, 1.54) is 0 Å². The molecule has 1 unspecified atom stereocenters. The fraction of sp³-hybridized carbons (Fsp3) is 0.533. The smallest absolute Gasteiger partial charge is 0.338 e. The molecule has 2 aliphatic rings. The third-order valence-electron chi connectivity index (χ3n) is 4.48. The maximum atomic E-state index is 12.0. The number of nitrogens with zero attached hydrogens (tertiary/aromatic N) is 1. The minimum Gasteiger partial charge on any atom is -0.459 e. The minimum absolute atomic E-state index is 0.141. The molecule has 0 amide bonds. The van der Waals surface area contributed by atoms with Gasteiger partial charge in [-0.25, -0.2) is 4.79 Å². The van der Waals surface area contributed by atoms with Crippen molar-refractivity contribution in [3.63, 3.8) is 0 Å². The van der Waals surface area contributed by atoms with Crippen molar-refractivity contribution in [3.05, 3.63) is 35.9 Å². The molecule has 0 saturated carbocycles. The van der Waals surface area contributed by atoms with Gasteiger partial charge in [-0.2, -0.15) is 0 Å². The Morgan fingerprint density at radius 3 is 2.25 bits per heavy atom. The monoisotopic (exact) mass is 277 g/mol. The summed E-state index contributed by atoms with van der Waals surface area (Å²) in [6.07, 6.45) is -0.648. The zero-order valence-electron chi connectivity index (χ0n) is 11.3. The Bertz CT molecular complexity index is 466. The second-order valence-corrected chi connectivity index (χ2v) is 5.65. The molecule has 2 N–H and O–H groups in total. The highest BCUT2D eigenvalue weighted by Crippen LogP contribution is 2.36. The van der Waals surface area contributed by atoms with Gasteiger partial charge in [-0.15, -0.1) is 0 Å². The van der Waals surface area contributed by atoms with Crippen LogP contribution >= 0.6 is 0 Å². The van der Waals surface area contributed by atoms with Crippen LogP contribution in [-0.4, -0.2) is 58.5 Å². The molecule has 20 heavy (non-hydrogen) atoms. The molecule has 2 bridgehead atoms. The van der Waals surface area contributed by atoms with Gasteiger partial charge in [-0.05, 0) is 19.2 Å². The number of hydrogen-bond acceptors (Lipinski definition) is 5. The van der Waals surface area contributed by atoms with Crippen LogP contribution in [0, 0.1) is 0 Å². The van der Waals surface area contributed by atoms with Gasteiger partial charge in [-0.1, -0.05) is 18.2 Å². The van der Waals surface area contributed by atoms with Crippen LogP contribution in [0.3, 0.4) is 0 Å². The van der Waals surface area contributed by atoms with Crippen LogP contribution in [0.4, 0.5) is 0 Å². The highest BCUT2D eigenvalue weighted by atomic mass is 16.5. The second-order valence-electron chi connectivity index (χ2n) is 5.65. The lowest BCUT2D eigenvalue weighted by molar-refractivity contribution is -0.00961. The van der Waals surface area contributed by atoms with E-state index in [-0.39, 0.29) is 24.2 Å². The Labute approximate surface area is 117 Å². The van der Waals surface area contributed by atoms with Crippen molar-refractivity contribution >= 4 is 5.97 Å². The summed E-state index contributed by atoms with van der Waals surface area (Å²) in [7, 11) is 1.89. The van der Waals surface area contributed by atoms with Crippen molar-refractivity contribution in [3.8, 4) is 0 Å². The first-order chi connectivity index (χ1) is 9.58. The van der Waals surface area contributed by atoms with Crippen LogP contribution in [0.25, 0.3) is 0 Å². The molecule has 5 heteroatoms. The van der Waals surface area contributed by atoms with Crippen LogP contribution in [-0.2, 0) is 4.74 Å². The van der Waals surface area contributed by atoms with Crippen LogP contribution in [0.1, 0.15) is 23.2 Å². The first kappa shape index (κ1) is 13.5. The first-order valence-corrected chi connectivity index (χ1v) is 6.92. The van der Waals surface area contributed by atoms with Crippen molar-refractivity contribution in [2.75, 3.05) is 7.05 Å². The number of aliphatic hydroxyl groups excluding tert-OH is 2. The molecule has 0 aliphatic carbocycles. The lowest BCUT2D eigenvalue weighted by Gasteiger charge is -2.35. The van der Waals surface area contributed by atoms with E-state index in [2.05, 4.69) is 0 Å². The van der Waals surface area contributed by atoms with Crippen LogP contribution in [0.5, 0.6) is 0 Å². The molecule has 0 aromatic heterocycles. The number of aliphatic hydroxyl groups is 2. The molecule has 108 valence electrons. The number of fused-ring (bicyclic) bond motifs is 2. The Kier molecular flexibility index (Phi) is 3.50. The number of likely N-dealkylation sites (N-methyl/N-ethyl adjacent to an activating group) is 1. The molecular formula is C15H19NO4. The van der Waals surface area contributed by atoms with Crippen LogP contribution in [0.15, 0.2) is 30.3 Å². The predicted octanol–water partition coefficient (Wildman–Crippen LogP) is 0.410. The summed E-state index contributed by atoms with van der Waals surface area (Å²) in [6, 6.07) is 8.59. The summed E-state index contributed by atoms with van der Waals surface area (Å²) in [5, 5.41) is 20.0. The highest BCUT2D eigenvalue weighted by Gasteiger charge is 2.51. The topological polar surface area (TPSA) is 70.0 Å². The molecule has 1 aromatic carbocycles. The molecule has 5 nitrogen and oxygen atoms in total. The molecule has 3 rings (SSSR count). The van der Waals surface area contributed by atoms with Crippen LogP contribution < -0.4 is 0 Å². The number of benzene rings is 1. The molecule has 2 saturated heterocycles. The lowest BCUT2D eigenvalue weighted by Crippen LogP contribution is -2.46. The highest BCUT2D eigenvalue weighted by molar-refractivity contribution is 5.89. The van der Waals surface area contributed by atoms with Crippen molar-refractivity contribution in [1.29, 1.82) is 0 Å². The third-order valence-corrected chi connectivity index (χ3v) is 4.48. The number of ether oxygens (including phenoxy) is 1. The third kappa shape index (κ3) is 2.22. The summed E-state index contributed by atoms with van der Waals surface area (Å²) >= 11 is 0. The van der Waals surface area contributed by atoms with Gasteiger partial charge in [0.2, 0.25) is 0 Å². The fourth-order valence-electron chi connectivity index (χ4n) is 3.32. The van der Waals surface area contributed by atoms with Gasteiger partial charge >= 0.3 is 5.97 Å². The molecule has 2 fully saturated rings. The zero-order chi connectivity index (χ0) is 14.3. The van der Waals surface area contributed by atoms with E-state index >= 15 is 0 Å². The molecular weight excluding hydrogens is 258 g/mol. The average molecular weight is 277 g/mol. The summed E-state index contributed by atoms with van der Waals surface area (Å²) < 4.78 is 5.52. The Hall–Kier alpha value is -1.43. The van der Waals surface area contributed by atoms with Gasteiger partial charge in [0.15, 0.2) is 0 Å². The molecule has 0 spiro atoms. The summed E-state index contributed by atoms with van der Waals surface area (Å²) in [5.41, 5.74) is 0.528. The van der Waals surface area contributed by atoms with Crippen molar-refractivity contribution < 1.29 is 19.7 Å². The largest absolute Gasteiger partial charge is 0.459 e. The maximum absolute atomic E-state index is 12.0. The number of piperidine rings is 1. The average Bonchev–Trinajstić information content (AvgIpc) is 2.60. The Morgan fingerprint density at radius 1 is 1.15 bits per heavy atom. The summed E-state index contributed by atoms with van der Waals surface area (Å²) in [5.74, 6) is -0.344. The van der Waals surface area contributed by atoms with Gasteiger partial charge in [-0.3, -0.25) is 4.90 Å². The van der Waals surface area contributed by atoms with Gasteiger partial charge in [0, 0.05) is 24.9 Å². The number of rotatable bonds is 2. The van der Waals surface area contributed by atoms with E-state index in [0.29, 0.717) is 18.4 Å². The normalized spacial score (nSPS) is 36.9. The Morgan fingerprint density at radius 2 is 1.70 bits per heavy atom. The number of carbonyl (C=O) groups is 1. The van der Waals surface area contributed by atoms with E-state index in [1.54, 1.807) is 24.3 Å². The summed E-state index contributed by atoms with van der Waals surface area (Å²) in [4.78, 5) is 14.0. The standard InChI is InChI=1S/C15H19NO4/c1-16-11-7-10(8-12(16)14(18)13(11)17)20-15(19)9-5-3-2-4-6-9/h2-6,10-14,17-18H,7-8H2,1H3/t10?,11-,12+,13-,14-/m0/s1. The first-order valence-electron chi connectivity index (χ1n) is 6.92. The van der Waals surface area contributed by atoms with Gasteiger partial charge in [0.05, 0.1) is 17.8 Å². The molecule has 1 aromatic rings. The minimum atomic E-state index is -0.759. The number of esters is 1. The van der Waals surface area contributed by atoms with E-state index < -0.39 is 12.2 Å². The van der Waals surface area contributed by atoms with Gasteiger partial charge < -0.3 is 14.9 Å². The Balaban J connectivity index is 1.68. The maximum Gasteiger partial charge on any atom is 0.338 e. The lowest BCUT2D eigenvalue weighted by atomic mass is 10.00. The fourth-order valence-corrected chi connectivity index (χ4v) is 3.32. The quantitative estimate of drug-likeness (QED) is 0.766. The summed E-state index contributed by atoms with van der Waals surface area (Å²) in [6.45, 7) is 0. The molecule has 5 atom stereocenters.